The van der Waals surface area contributed by atoms with Crippen molar-refractivity contribution in [3.8, 4) is 0 Å². The molecule has 4 atom stereocenters. The van der Waals surface area contributed by atoms with Crippen LogP contribution in [-0.2, 0) is 12.8 Å². The highest BCUT2D eigenvalue weighted by atomic mass is 31.1. The summed E-state index contributed by atoms with van der Waals surface area (Å²) in [6, 6.07) is 27.7. The Hall–Kier alpha value is -1.48. The lowest BCUT2D eigenvalue weighted by Crippen LogP contribution is -2.30. The summed E-state index contributed by atoms with van der Waals surface area (Å²) < 4.78 is 0. The Morgan fingerprint density at radius 3 is 1.31 bits per heavy atom. The zero-order valence-corrected chi connectivity index (χ0v) is 17.2. The minimum atomic E-state index is -0.246. The molecule has 4 unspecified atom stereocenters. The highest BCUT2D eigenvalue weighted by Crippen LogP contribution is 2.51. The van der Waals surface area contributed by atoms with Gasteiger partial charge < -0.3 is 0 Å². The molecule has 0 radical (unpaired) electrons. The molecule has 0 nitrogen and oxygen atoms in total. The lowest BCUT2D eigenvalue weighted by atomic mass is 10.1. The van der Waals surface area contributed by atoms with Gasteiger partial charge in [0, 0.05) is 0 Å². The molecule has 0 aromatic heterocycles. The van der Waals surface area contributed by atoms with Crippen LogP contribution in [0.5, 0.6) is 0 Å². The largest absolute Gasteiger partial charge is 0.0619 e. The molecular formula is C24H24P2. The highest BCUT2D eigenvalue weighted by Gasteiger charge is 2.36. The van der Waals surface area contributed by atoms with Crippen LogP contribution in [0.4, 0.5) is 0 Å². The Bertz CT molecular complexity index is 883. The molecule has 130 valence electrons. The first kappa shape index (κ1) is 16.7. The van der Waals surface area contributed by atoms with Gasteiger partial charge in [-0.25, -0.2) is 0 Å². The normalized spacial score (nSPS) is 26.5. The molecule has 2 heteroatoms. The van der Waals surface area contributed by atoms with E-state index in [2.05, 4.69) is 86.6 Å². The Morgan fingerprint density at radius 2 is 0.885 bits per heavy atom. The van der Waals surface area contributed by atoms with Crippen molar-refractivity contribution in [1.82, 2.24) is 0 Å². The fraction of sp³-hybridized carbons (Fsp3) is 0.250. The molecular weight excluding hydrogens is 350 g/mol. The van der Waals surface area contributed by atoms with Crippen molar-refractivity contribution < 1.29 is 0 Å². The van der Waals surface area contributed by atoms with Crippen molar-refractivity contribution in [3.63, 3.8) is 0 Å². The molecule has 0 saturated heterocycles. The monoisotopic (exact) mass is 374 g/mol. The lowest BCUT2D eigenvalue weighted by molar-refractivity contribution is 0.961. The zero-order valence-electron chi connectivity index (χ0n) is 15.4. The van der Waals surface area contributed by atoms with E-state index in [-0.39, 0.29) is 15.8 Å². The van der Waals surface area contributed by atoms with Crippen molar-refractivity contribution >= 4 is 37.1 Å². The minimum Gasteiger partial charge on any atom is -0.0619 e. The second-order valence-electron chi connectivity index (χ2n) is 7.59. The molecule has 5 rings (SSSR count). The molecule has 2 aliphatic heterocycles. The number of hydrogen-bond donors (Lipinski definition) is 0. The first-order chi connectivity index (χ1) is 12.7. The molecule has 0 amide bonds. The molecule has 0 fully saturated rings. The standard InChI is InChI=1S/C24H24P2/c1-17-15-19-9-3-5-11-21(19)25(17)23-13-7-8-14-24(23)26-18(2)16-20-10-4-6-12-22(20)26/h3-14,17-18H,15-16H2,1-2H3. The maximum atomic E-state index is 2.46. The molecule has 2 aliphatic rings. The predicted molar refractivity (Wildman–Crippen MR) is 118 cm³/mol. The van der Waals surface area contributed by atoms with Gasteiger partial charge in [-0.05, 0) is 72.3 Å². The van der Waals surface area contributed by atoms with Crippen molar-refractivity contribution in [1.29, 1.82) is 0 Å². The molecule has 0 N–H and O–H groups in total. The summed E-state index contributed by atoms with van der Waals surface area (Å²) in [5, 5.41) is 6.54. The van der Waals surface area contributed by atoms with E-state index in [0.717, 1.165) is 11.3 Å². The van der Waals surface area contributed by atoms with Gasteiger partial charge in [0.2, 0.25) is 0 Å². The van der Waals surface area contributed by atoms with Crippen LogP contribution < -0.4 is 21.2 Å². The summed E-state index contributed by atoms with van der Waals surface area (Å²) in [5.41, 5.74) is 4.64. The van der Waals surface area contributed by atoms with Gasteiger partial charge in [0.15, 0.2) is 0 Å². The van der Waals surface area contributed by atoms with E-state index >= 15 is 0 Å². The summed E-state index contributed by atoms with van der Waals surface area (Å²) in [5.74, 6) is 0. The molecule has 0 spiro atoms. The van der Waals surface area contributed by atoms with Gasteiger partial charge in [-0.1, -0.05) is 86.6 Å². The van der Waals surface area contributed by atoms with Crippen LogP contribution in [0.25, 0.3) is 0 Å². The van der Waals surface area contributed by atoms with Crippen LogP contribution in [0, 0.1) is 0 Å². The van der Waals surface area contributed by atoms with Gasteiger partial charge in [-0.3, -0.25) is 0 Å². The first-order valence-corrected chi connectivity index (χ1v) is 12.4. The van der Waals surface area contributed by atoms with Gasteiger partial charge >= 0.3 is 0 Å². The smallest absolute Gasteiger partial charge is 0.0112 e. The average molecular weight is 374 g/mol. The minimum absolute atomic E-state index is 0.246. The van der Waals surface area contributed by atoms with Gasteiger partial charge in [-0.2, -0.15) is 0 Å². The molecule has 3 aromatic carbocycles. The predicted octanol–water partition coefficient (Wildman–Crippen LogP) is 4.44. The second kappa shape index (κ2) is 6.60. The van der Waals surface area contributed by atoms with Crippen molar-refractivity contribution in [2.24, 2.45) is 0 Å². The van der Waals surface area contributed by atoms with Gasteiger partial charge in [0.1, 0.15) is 0 Å². The zero-order chi connectivity index (χ0) is 17.7. The summed E-state index contributed by atoms with van der Waals surface area (Å²) in [7, 11) is -0.493. The second-order valence-corrected chi connectivity index (χ2v) is 12.8. The summed E-state index contributed by atoms with van der Waals surface area (Å²) in [6.07, 6.45) is 2.47. The number of hydrogen-bond acceptors (Lipinski definition) is 0. The molecule has 26 heavy (non-hydrogen) atoms. The fourth-order valence-electron chi connectivity index (χ4n) is 4.74. The van der Waals surface area contributed by atoms with E-state index in [1.54, 1.807) is 32.3 Å². The Morgan fingerprint density at radius 1 is 0.538 bits per heavy atom. The van der Waals surface area contributed by atoms with E-state index in [4.69, 9.17) is 0 Å². The number of rotatable bonds is 2. The maximum Gasteiger partial charge on any atom is -0.0112 e. The third-order valence-electron chi connectivity index (χ3n) is 5.82. The molecule has 0 saturated carbocycles. The van der Waals surface area contributed by atoms with Crippen molar-refractivity contribution in [2.75, 3.05) is 0 Å². The summed E-state index contributed by atoms with van der Waals surface area (Å²) in [4.78, 5) is 0. The third-order valence-corrected chi connectivity index (χ3v) is 11.8. The van der Waals surface area contributed by atoms with E-state index in [1.165, 1.54) is 12.8 Å². The van der Waals surface area contributed by atoms with Crippen LogP contribution in [-0.4, -0.2) is 11.3 Å². The first-order valence-electron chi connectivity index (χ1n) is 9.57. The topological polar surface area (TPSA) is 0 Å². The maximum absolute atomic E-state index is 2.46. The van der Waals surface area contributed by atoms with Gasteiger partial charge in [-0.15, -0.1) is 0 Å². The van der Waals surface area contributed by atoms with Crippen LogP contribution in [0.3, 0.4) is 0 Å². The van der Waals surface area contributed by atoms with Crippen LogP contribution in [0.15, 0.2) is 72.8 Å². The quantitative estimate of drug-likeness (QED) is 0.582. The number of benzene rings is 3. The van der Waals surface area contributed by atoms with Gasteiger partial charge in [0.25, 0.3) is 0 Å². The Labute approximate surface area is 159 Å². The van der Waals surface area contributed by atoms with Gasteiger partial charge in [0.05, 0.1) is 0 Å². The molecule has 0 bridgehead atoms. The number of fused-ring (bicyclic) bond motifs is 2. The van der Waals surface area contributed by atoms with Crippen LogP contribution in [0.1, 0.15) is 25.0 Å². The highest BCUT2D eigenvalue weighted by molar-refractivity contribution is 7.80. The lowest BCUT2D eigenvalue weighted by Gasteiger charge is -2.27. The average Bonchev–Trinajstić information content (AvgIpc) is 3.17. The van der Waals surface area contributed by atoms with Crippen LogP contribution in [0.2, 0.25) is 0 Å². The Balaban J connectivity index is 1.66. The SMILES string of the molecule is CC1Cc2ccccc2P1c1ccccc1P1c2ccccc2CC1C. The summed E-state index contributed by atoms with van der Waals surface area (Å²) in [6.45, 7) is 4.92. The van der Waals surface area contributed by atoms with E-state index < -0.39 is 0 Å². The van der Waals surface area contributed by atoms with Crippen molar-refractivity contribution in [2.45, 2.75) is 38.0 Å². The van der Waals surface area contributed by atoms with Crippen LogP contribution >= 0.6 is 15.8 Å². The third kappa shape index (κ3) is 2.58. The van der Waals surface area contributed by atoms with E-state index in [1.807, 2.05) is 0 Å². The molecule has 3 aromatic rings. The van der Waals surface area contributed by atoms with E-state index in [9.17, 15) is 0 Å². The summed E-state index contributed by atoms with van der Waals surface area (Å²) >= 11 is 0. The fourth-order valence-corrected chi connectivity index (χ4v) is 11.1. The van der Waals surface area contributed by atoms with Crippen molar-refractivity contribution in [3.05, 3.63) is 83.9 Å². The Kier molecular flexibility index (Phi) is 4.23. The molecule has 2 heterocycles. The molecule has 0 aliphatic carbocycles. The van der Waals surface area contributed by atoms with E-state index in [0.29, 0.717) is 0 Å².